The summed E-state index contributed by atoms with van der Waals surface area (Å²) in [7, 11) is 0. The van der Waals surface area contributed by atoms with E-state index >= 15 is 0 Å². The molecule has 0 spiro atoms. The first kappa shape index (κ1) is 26.6. The third kappa shape index (κ3) is 9.00. The SMILES string of the molecule is O.[BaH2].[Cu].[Ho]. The second-order valence-corrected chi connectivity index (χ2v) is 0. The van der Waals surface area contributed by atoms with Crippen LogP contribution in [0.5, 0.6) is 0 Å². The van der Waals surface area contributed by atoms with Crippen molar-refractivity contribution in [1.29, 1.82) is 0 Å². The first-order valence-corrected chi connectivity index (χ1v) is 0. The van der Waals surface area contributed by atoms with Crippen LogP contribution in [0, 0.1) is 37.7 Å². The quantitative estimate of drug-likeness (QED) is 0.443. The van der Waals surface area contributed by atoms with Crippen LogP contribution in [0.2, 0.25) is 0 Å². The molecule has 34 valence electrons. The van der Waals surface area contributed by atoms with Crippen molar-refractivity contribution in [3.05, 3.63) is 0 Å². The molecule has 2 N–H and O–H groups in total. The number of hydrogen-bond acceptors (Lipinski definition) is 0. The zero-order valence-electron chi connectivity index (χ0n) is 1.10. The van der Waals surface area contributed by atoms with Crippen LogP contribution < -0.4 is 0 Å². The number of hydrogen-bond donors (Lipinski definition) is 0. The van der Waals surface area contributed by atoms with Gasteiger partial charge in [0.2, 0.25) is 0 Å². The fourth-order valence-electron chi connectivity index (χ4n) is 0. The molecule has 0 fully saturated rings. The summed E-state index contributed by atoms with van der Waals surface area (Å²) in [5, 5.41) is 0. The summed E-state index contributed by atoms with van der Waals surface area (Å²) in [5.41, 5.74) is 0. The standard InChI is InChI=1S/Ba.Cu.Ho.H2O.2H/h;;;1H2;;. The molecule has 0 aliphatic rings. The minimum Gasteiger partial charge on any atom is 0 e. The molecule has 0 amide bonds. The van der Waals surface area contributed by atoms with Crippen molar-refractivity contribution in [2.24, 2.45) is 0 Å². The van der Waals surface area contributed by atoms with Gasteiger partial charge in [-0.1, -0.05) is 0 Å². The van der Waals surface area contributed by atoms with Crippen molar-refractivity contribution in [2.45, 2.75) is 0 Å². The summed E-state index contributed by atoms with van der Waals surface area (Å²) in [6, 6.07) is 0. The normalized spacial score (nSPS) is 0. The van der Waals surface area contributed by atoms with Crippen molar-refractivity contribution >= 4 is 48.9 Å². The Morgan fingerprint density at radius 3 is 1.00 bits per heavy atom. The first-order chi connectivity index (χ1) is 0. The van der Waals surface area contributed by atoms with Gasteiger partial charge in [-0.3, -0.25) is 0 Å². The summed E-state index contributed by atoms with van der Waals surface area (Å²) in [6.45, 7) is 0. The van der Waals surface area contributed by atoms with Gasteiger partial charge in [0.1, 0.15) is 0 Å². The largest absolute Gasteiger partial charge is 0 e. The zero-order chi connectivity index (χ0) is 0. The van der Waals surface area contributed by atoms with E-state index in [0.717, 1.165) is 0 Å². The van der Waals surface area contributed by atoms with E-state index in [1.807, 2.05) is 0 Å². The molecule has 0 aliphatic carbocycles. The molecule has 0 aromatic heterocycles. The van der Waals surface area contributed by atoms with Crippen molar-refractivity contribution < 1.29 is 60.3 Å². The van der Waals surface area contributed by atoms with Crippen LogP contribution in [0.15, 0.2) is 0 Å². The molecular weight excluding hydrogens is 382 g/mol. The molecule has 4 heteroatoms. The Morgan fingerprint density at radius 2 is 1.00 bits per heavy atom. The minimum absolute atomic E-state index is 0. The van der Waals surface area contributed by atoms with E-state index in [1.54, 1.807) is 0 Å². The van der Waals surface area contributed by atoms with Gasteiger partial charge in [0, 0.05) is 54.8 Å². The predicted molar refractivity (Wildman–Crippen MR) is 12.2 cm³/mol. The molecule has 0 aliphatic heterocycles. The van der Waals surface area contributed by atoms with E-state index in [9.17, 15) is 0 Å². The fraction of sp³-hybridized carbons (Fsp3) is 0. The van der Waals surface area contributed by atoms with Gasteiger partial charge in [0.25, 0.3) is 0 Å². The van der Waals surface area contributed by atoms with Crippen LogP contribution in [0.3, 0.4) is 0 Å². The average Bonchev–Trinajstić information content (AvgIpc) is 0. The Labute approximate surface area is 106 Å². The van der Waals surface area contributed by atoms with E-state index in [-0.39, 0.29) is 109 Å². The molecule has 0 saturated heterocycles. The zero-order valence-corrected chi connectivity index (χ0v) is 3.98. The third-order valence-corrected chi connectivity index (χ3v) is 0. The van der Waals surface area contributed by atoms with Gasteiger partial charge in [-0.05, 0) is 0 Å². The number of rotatable bonds is 0. The molecule has 1 nitrogen and oxygen atoms in total. The van der Waals surface area contributed by atoms with E-state index in [2.05, 4.69) is 0 Å². The summed E-state index contributed by atoms with van der Waals surface area (Å²) < 4.78 is 0. The molecule has 0 rings (SSSR count). The molecule has 0 aromatic carbocycles. The fourth-order valence-corrected chi connectivity index (χ4v) is 0. The van der Waals surface area contributed by atoms with E-state index in [0.29, 0.717) is 0 Å². The van der Waals surface area contributed by atoms with Crippen molar-refractivity contribution in [3.63, 3.8) is 0 Å². The Kier molecular flexibility index (Phi) is 108. The Hall–Kier alpha value is 3.31. The van der Waals surface area contributed by atoms with E-state index < -0.39 is 0 Å². The van der Waals surface area contributed by atoms with Gasteiger partial charge >= 0.3 is 48.9 Å². The molecule has 0 aromatic rings. The van der Waals surface area contributed by atoms with Gasteiger partial charge in [0.15, 0.2) is 0 Å². The summed E-state index contributed by atoms with van der Waals surface area (Å²) in [5.74, 6) is 0. The molecular formula is H4BaCuHoO. The van der Waals surface area contributed by atoms with Gasteiger partial charge in [0.05, 0.1) is 0 Å². The van der Waals surface area contributed by atoms with Crippen LogP contribution in [0.25, 0.3) is 0 Å². The molecule has 0 saturated carbocycles. The summed E-state index contributed by atoms with van der Waals surface area (Å²) in [6.07, 6.45) is 0. The molecule has 4 heavy (non-hydrogen) atoms. The second-order valence-electron chi connectivity index (χ2n) is 0. The van der Waals surface area contributed by atoms with Crippen molar-refractivity contribution in [2.75, 3.05) is 0 Å². The summed E-state index contributed by atoms with van der Waals surface area (Å²) in [4.78, 5) is 0. The molecule has 0 heterocycles. The average molecular weight is 386 g/mol. The monoisotopic (exact) mass is 386 g/mol. The van der Waals surface area contributed by atoms with E-state index in [4.69, 9.17) is 0 Å². The van der Waals surface area contributed by atoms with Crippen LogP contribution >= 0.6 is 0 Å². The second kappa shape index (κ2) is 16.2. The minimum atomic E-state index is 0. The Bertz CT molecular complexity index is 8.00. The molecule has 0 unspecified atom stereocenters. The third-order valence-electron chi connectivity index (χ3n) is 0. The maximum absolute atomic E-state index is 0. The van der Waals surface area contributed by atoms with Crippen LogP contribution in [-0.4, -0.2) is 54.4 Å². The van der Waals surface area contributed by atoms with Gasteiger partial charge in [-0.25, -0.2) is 0 Å². The van der Waals surface area contributed by atoms with Gasteiger partial charge in [-0.2, -0.15) is 0 Å². The molecule has 0 atom stereocenters. The van der Waals surface area contributed by atoms with Crippen LogP contribution in [0.4, 0.5) is 0 Å². The van der Waals surface area contributed by atoms with Crippen molar-refractivity contribution in [3.8, 4) is 0 Å². The molecule has 0 bridgehead atoms. The Balaban J connectivity index is 0. The van der Waals surface area contributed by atoms with Gasteiger partial charge in [-0.15, -0.1) is 0 Å². The maximum Gasteiger partial charge on any atom is 0 e. The van der Waals surface area contributed by atoms with Gasteiger partial charge < -0.3 is 5.48 Å². The Morgan fingerprint density at radius 1 is 1.00 bits per heavy atom. The maximum atomic E-state index is 0. The van der Waals surface area contributed by atoms with E-state index in [1.165, 1.54) is 0 Å². The predicted octanol–water partition coefficient (Wildman–Crippen LogP) is -1.74. The van der Waals surface area contributed by atoms with Crippen molar-refractivity contribution in [1.82, 2.24) is 0 Å². The smallest absolute Gasteiger partial charge is 0 e. The first-order valence-electron chi connectivity index (χ1n) is 0. The van der Waals surface area contributed by atoms with Crippen LogP contribution in [0.1, 0.15) is 0 Å². The summed E-state index contributed by atoms with van der Waals surface area (Å²) >= 11 is 0. The van der Waals surface area contributed by atoms with Crippen LogP contribution in [-0.2, 0) is 17.1 Å². The topological polar surface area (TPSA) is 31.5 Å². The molecule has 2 radical (unpaired) electrons.